The van der Waals surface area contributed by atoms with E-state index in [1.807, 2.05) is 48.5 Å². The van der Waals surface area contributed by atoms with E-state index in [2.05, 4.69) is 17.6 Å². The summed E-state index contributed by atoms with van der Waals surface area (Å²) in [6, 6.07) is 16.6. The molecule has 0 aliphatic rings. The summed E-state index contributed by atoms with van der Waals surface area (Å²) < 4.78 is 11.2. The minimum atomic E-state index is -0.389. The highest BCUT2D eigenvalue weighted by Crippen LogP contribution is 2.19. The Labute approximate surface area is 163 Å². The van der Waals surface area contributed by atoms with Crippen LogP contribution in [0.5, 0.6) is 5.75 Å². The average molecular weight is 382 g/mol. The van der Waals surface area contributed by atoms with Gasteiger partial charge in [-0.25, -0.2) is 0 Å². The number of fused-ring (bicyclic) bond motifs is 1. The molecule has 5 nitrogen and oxygen atoms in total. The fourth-order valence-electron chi connectivity index (χ4n) is 2.60. The van der Waals surface area contributed by atoms with Gasteiger partial charge in [0, 0.05) is 11.1 Å². The molecule has 0 atom stereocenters. The maximum Gasteiger partial charge on any atom is 0.293 e. The molecule has 0 spiro atoms. The first kappa shape index (κ1) is 18.9. The predicted molar refractivity (Wildman–Crippen MR) is 111 cm³/mol. The molecule has 140 valence electrons. The zero-order chi connectivity index (χ0) is 19.1. The molecule has 1 heterocycles. The lowest BCUT2D eigenvalue weighted by atomic mass is 10.2. The van der Waals surface area contributed by atoms with Gasteiger partial charge in [-0.3, -0.25) is 10.1 Å². The van der Waals surface area contributed by atoms with Crippen LogP contribution in [0, 0.1) is 0 Å². The highest BCUT2D eigenvalue weighted by atomic mass is 32.1. The van der Waals surface area contributed by atoms with Crippen LogP contribution in [0.25, 0.3) is 11.0 Å². The van der Waals surface area contributed by atoms with Gasteiger partial charge in [-0.15, -0.1) is 0 Å². The summed E-state index contributed by atoms with van der Waals surface area (Å²) in [6.45, 7) is 2.88. The Morgan fingerprint density at radius 3 is 2.63 bits per heavy atom. The maximum absolute atomic E-state index is 12.3. The summed E-state index contributed by atoms with van der Waals surface area (Å²) in [5.41, 5.74) is 1.43. The van der Waals surface area contributed by atoms with Gasteiger partial charge in [0.05, 0.1) is 6.61 Å². The van der Waals surface area contributed by atoms with Gasteiger partial charge in [-0.05, 0) is 55.0 Å². The Kier molecular flexibility index (Phi) is 6.44. The molecule has 3 rings (SSSR count). The Morgan fingerprint density at radius 2 is 1.89 bits per heavy atom. The molecule has 0 unspecified atom stereocenters. The highest BCUT2D eigenvalue weighted by Gasteiger charge is 2.13. The van der Waals surface area contributed by atoms with Gasteiger partial charge in [-0.2, -0.15) is 0 Å². The Morgan fingerprint density at radius 1 is 1.11 bits per heavy atom. The van der Waals surface area contributed by atoms with E-state index >= 15 is 0 Å². The molecule has 0 aliphatic heterocycles. The summed E-state index contributed by atoms with van der Waals surface area (Å²) in [5, 5.41) is 6.68. The molecule has 0 fully saturated rings. The number of benzene rings is 2. The predicted octanol–water partition coefficient (Wildman–Crippen LogP) is 5.13. The number of carbonyl (C=O) groups is 1. The third kappa shape index (κ3) is 5.31. The van der Waals surface area contributed by atoms with Crippen molar-refractivity contribution in [2.24, 2.45) is 0 Å². The number of anilines is 1. The molecule has 0 saturated heterocycles. The second-order valence-corrected chi connectivity index (χ2v) is 6.54. The lowest BCUT2D eigenvalue weighted by molar-refractivity contribution is 0.0953. The van der Waals surface area contributed by atoms with E-state index in [1.165, 1.54) is 12.8 Å². The number of para-hydroxylation sites is 1. The van der Waals surface area contributed by atoms with E-state index in [0.717, 1.165) is 23.2 Å². The van der Waals surface area contributed by atoms with Crippen LogP contribution < -0.4 is 15.4 Å². The summed E-state index contributed by atoms with van der Waals surface area (Å²) in [4.78, 5) is 12.3. The smallest absolute Gasteiger partial charge is 0.293 e. The number of unbranched alkanes of at least 4 members (excludes halogenated alkanes) is 2. The molecule has 0 radical (unpaired) electrons. The van der Waals surface area contributed by atoms with E-state index in [4.69, 9.17) is 21.4 Å². The molecule has 3 aromatic rings. The largest absolute Gasteiger partial charge is 0.494 e. The molecule has 0 aliphatic carbocycles. The molecule has 6 heteroatoms. The van der Waals surface area contributed by atoms with Gasteiger partial charge in [0.25, 0.3) is 5.91 Å². The van der Waals surface area contributed by atoms with Gasteiger partial charge in [0.15, 0.2) is 10.9 Å². The molecular formula is C21H22N2O3S. The number of carbonyl (C=O) groups excluding carboxylic acids is 1. The van der Waals surface area contributed by atoms with Crippen molar-refractivity contribution in [3.8, 4) is 5.75 Å². The van der Waals surface area contributed by atoms with E-state index in [9.17, 15) is 4.79 Å². The quantitative estimate of drug-likeness (QED) is 0.438. The molecule has 0 bridgehead atoms. The SMILES string of the molecule is CCCCCOc1ccc(NC(=S)NC(=O)c2cc3ccccc3o2)cc1. The zero-order valence-electron chi connectivity index (χ0n) is 15.2. The second kappa shape index (κ2) is 9.19. The fourth-order valence-corrected chi connectivity index (χ4v) is 2.81. The second-order valence-electron chi connectivity index (χ2n) is 6.14. The zero-order valence-corrected chi connectivity index (χ0v) is 16.0. The minimum absolute atomic E-state index is 0.206. The number of ether oxygens (including phenoxy) is 1. The summed E-state index contributed by atoms with van der Waals surface area (Å²) in [6.07, 6.45) is 3.39. The Bertz CT molecular complexity index is 886. The van der Waals surface area contributed by atoms with Crippen molar-refractivity contribution < 1.29 is 13.9 Å². The molecule has 1 amide bonds. The number of nitrogens with one attached hydrogen (secondary N) is 2. The van der Waals surface area contributed by atoms with Crippen LogP contribution in [0.2, 0.25) is 0 Å². The van der Waals surface area contributed by atoms with Crippen LogP contribution >= 0.6 is 12.2 Å². The van der Waals surface area contributed by atoms with Crippen LogP contribution in [0.1, 0.15) is 36.7 Å². The first-order valence-corrected chi connectivity index (χ1v) is 9.40. The van der Waals surface area contributed by atoms with Crippen molar-refractivity contribution in [2.75, 3.05) is 11.9 Å². The molecule has 27 heavy (non-hydrogen) atoms. The molecule has 1 aromatic heterocycles. The summed E-state index contributed by atoms with van der Waals surface area (Å²) in [7, 11) is 0. The summed E-state index contributed by atoms with van der Waals surface area (Å²) >= 11 is 5.21. The van der Waals surface area contributed by atoms with Crippen LogP contribution in [0.4, 0.5) is 5.69 Å². The number of amides is 1. The van der Waals surface area contributed by atoms with E-state index in [0.29, 0.717) is 12.2 Å². The van der Waals surface area contributed by atoms with Gasteiger partial charge < -0.3 is 14.5 Å². The fraction of sp³-hybridized carbons (Fsp3) is 0.238. The first-order valence-electron chi connectivity index (χ1n) is 8.99. The van der Waals surface area contributed by atoms with Gasteiger partial charge in [0.1, 0.15) is 11.3 Å². The number of thiocarbonyl (C=S) groups is 1. The van der Waals surface area contributed by atoms with E-state index < -0.39 is 0 Å². The van der Waals surface area contributed by atoms with Crippen molar-refractivity contribution in [2.45, 2.75) is 26.2 Å². The van der Waals surface area contributed by atoms with Crippen molar-refractivity contribution in [3.63, 3.8) is 0 Å². The van der Waals surface area contributed by atoms with Crippen molar-refractivity contribution in [3.05, 3.63) is 60.4 Å². The standard InChI is InChI=1S/C21H22N2O3S/c1-2-3-6-13-25-17-11-9-16(10-12-17)22-21(27)23-20(24)19-14-15-7-4-5-8-18(15)26-19/h4-5,7-12,14H,2-3,6,13H2,1H3,(H2,22,23,24,27). The monoisotopic (exact) mass is 382 g/mol. The molecule has 2 aromatic carbocycles. The van der Waals surface area contributed by atoms with Crippen molar-refractivity contribution in [1.82, 2.24) is 5.32 Å². The lowest BCUT2D eigenvalue weighted by Crippen LogP contribution is -2.33. The van der Waals surface area contributed by atoms with Crippen LogP contribution in [-0.2, 0) is 0 Å². The minimum Gasteiger partial charge on any atom is -0.494 e. The molecule has 2 N–H and O–H groups in total. The molecular weight excluding hydrogens is 360 g/mol. The highest BCUT2D eigenvalue weighted by molar-refractivity contribution is 7.80. The third-order valence-corrected chi connectivity index (χ3v) is 4.21. The topological polar surface area (TPSA) is 63.5 Å². The van der Waals surface area contributed by atoms with E-state index in [1.54, 1.807) is 6.07 Å². The van der Waals surface area contributed by atoms with Gasteiger partial charge >= 0.3 is 0 Å². The van der Waals surface area contributed by atoms with Crippen molar-refractivity contribution in [1.29, 1.82) is 0 Å². The van der Waals surface area contributed by atoms with Crippen LogP contribution in [0.3, 0.4) is 0 Å². The lowest BCUT2D eigenvalue weighted by Gasteiger charge is -2.10. The molecule has 0 saturated carbocycles. The van der Waals surface area contributed by atoms with Gasteiger partial charge in [-0.1, -0.05) is 38.0 Å². The number of rotatable bonds is 7. The third-order valence-electron chi connectivity index (χ3n) is 4.01. The van der Waals surface area contributed by atoms with Crippen LogP contribution in [-0.4, -0.2) is 17.6 Å². The van der Waals surface area contributed by atoms with Gasteiger partial charge in [0.2, 0.25) is 0 Å². The Balaban J connectivity index is 1.51. The Hall–Kier alpha value is -2.86. The number of hydrogen-bond acceptors (Lipinski definition) is 4. The number of hydrogen-bond donors (Lipinski definition) is 2. The maximum atomic E-state index is 12.3. The van der Waals surface area contributed by atoms with E-state index in [-0.39, 0.29) is 16.8 Å². The number of furan rings is 1. The van der Waals surface area contributed by atoms with Crippen molar-refractivity contribution >= 4 is 39.9 Å². The average Bonchev–Trinajstić information content (AvgIpc) is 3.11. The first-order chi connectivity index (χ1) is 13.2. The normalized spacial score (nSPS) is 10.6. The summed E-state index contributed by atoms with van der Waals surface area (Å²) in [5.74, 6) is 0.643. The van der Waals surface area contributed by atoms with Crippen LogP contribution in [0.15, 0.2) is 59.0 Å².